The van der Waals surface area contributed by atoms with Gasteiger partial charge in [-0.3, -0.25) is 4.90 Å². The first kappa shape index (κ1) is 18.9. The summed E-state index contributed by atoms with van der Waals surface area (Å²) in [5.74, 6) is 0. The quantitative estimate of drug-likeness (QED) is 0.689. The summed E-state index contributed by atoms with van der Waals surface area (Å²) in [6.07, 6.45) is 7.83. The van der Waals surface area contributed by atoms with Crippen molar-refractivity contribution in [3.8, 4) is 0 Å². The van der Waals surface area contributed by atoms with Gasteiger partial charge < -0.3 is 10.5 Å². The van der Waals surface area contributed by atoms with Gasteiger partial charge in [0.05, 0.1) is 11.2 Å². The molecule has 0 aromatic carbocycles. The third-order valence-electron chi connectivity index (χ3n) is 4.72. The summed E-state index contributed by atoms with van der Waals surface area (Å²) in [6.45, 7) is 16.0. The highest BCUT2D eigenvalue weighted by Crippen LogP contribution is 2.34. The topological polar surface area (TPSA) is 38.5 Å². The maximum absolute atomic E-state index is 6.21. The van der Waals surface area contributed by atoms with Crippen LogP contribution in [0.2, 0.25) is 0 Å². The zero-order valence-electron chi connectivity index (χ0n) is 15.3. The van der Waals surface area contributed by atoms with E-state index in [2.05, 4.69) is 46.4 Å². The van der Waals surface area contributed by atoms with Crippen molar-refractivity contribution in [1.82, 2.24) is 4.90 Å². The van der Waals surface area contributed by atoms with E-state index in [1.165, 1.54) is 38.5 Å². The van der Waals surface area contributed by atoms with Crippen molar-refractivity contribution in [2.75, 3.05) is 19.6 Å². The summed E-state index contributed by atoms with van der Waals surface area (Å²) in [7, 11) is 0. The van der Waals surface area contributed by atoms with Crippen molar-refractivity contribution in [3.63, 3.8) is 0 Å². The average molecular weight is 299 g/mol. The molecule has 2 N–H and O–H groups in total. The second kappa shape index (κ2) is 7.43. The lowest BCUT2D eigenvalue weighted by Gasteiger charge is -2.53. The molecule has 1 aliphatic heterocycles. The Morgan fingerprint density at radius 2 is 1.52 bits per heavy atom. The van der Waals surface area contributed by atoms with Crippen LogP contribution in [0.25, 0.3) is 0 Å². The number of ether oxygens (including phenoxy) is 1. The number of hydrogen-bond donors (Lipinski definition) is 1. The lowest BCUT2D eigenvalue weighted by molar-refractivity contribution is -0.198. The molecule has 3 heteroatoms. The van der Waals surface area contributed by atoms with Crippen molar-refractivity contribution < 1.29 is 4.74 Å². The van der Waals surface area contributed by atoms with E-state index in [4.69, 9.17) is 10.5 Å². The van der Waals surface area contributed by atoms with Gasteiger partial charge in [0, 0.05) is 25.2 Å². The van der Waals surface area contributed by atoms with Gasteiger partial charge in [0.25, 0.3) is 0 Å². The zero-order chi connectivity index (χ0) is 16.1. The molecule has 1 unspecified atom stereocenters. The fraction of sp³-hybridized carbons (Fsp3) is 1.00. The molecule has 0 bridgehead atoms. The van der Waals surface area contributed by atoms with Crippen LogP contribution in [0.1, 0.15) is 80.1 Å². The largest absolute Gasteiger partial charge is 0.367 e. The lowest BCUT2D eigenvalue weighted by Crippen LogP contribution is -2.65. The Balaban J connectivity index is 2.63. The predicted molar refractivity (Wildman–Crippen MR) is 91.7 cm³/mol. The molecule has 21 heavy (non-hydrogen) atoms. The van der Waals surface area contributed by atoms with Gasteiger partial charge in [-0.25, -0.2) is 0 Å². The van der Waals surface area contributed by atoms with E-state index < -0.39 is 0 Å². The van der Waals surface area contributed by atoms with Crippen molar-refractivity contribution in [2.45, 2.75) is 96.8 Å². The summed E-state index contributed by atoms with van der Waals surface area (Å²) >= 11 is 0. The summed E-state index contributed by atoms with van der Waals surface area (Å²) in [4.78, 5) is 2.58. The van der Waals surface area contributed by atoms with E-state index in [0.717, 1.165) is 19.6 Å². The molecule has 1 atom stereocenters. The zero-order valence-corrected chi connectivity index (χ0v) is 15.3. The minimum Gasteiger partial charge on any atom is -0.367 e. The van der Waals surface area contributed by atoms with Gasteiger partial charge in [-0.2, -0.15) is 0 Å². The molecule has 1 saturated heterocycles. The van der Waals surface area contributed by atoms with Gasteiger partial charge in [-0.1, -0.05) is 39.0 Å². The van der Waals surface area contributed by atoms with E-state index in [9.17, 15) is 0 Å². The van der Waals surface area contributed by atoms with E-state index in [1.54, 1.807) is 0 Å². The van der Waals surface area contributed by atoms with Crippen LogP contribution in [0.5, 0.6) is 0 Å². The number of nitrogens with two attached hydrogens (primary N) is 1. The molecule has 0 aromatic heterocycles. The van der Waals surface area contributed by atoms with Crippen molar-refractivity contribution >= 4 is 0 Å². The monoisotopic (exact) mass is 298 g/mol. The Bertz CT molecular complexity index is 298. The van der Waals surface area contributed by atoms with Crippen molar-refractivity contribution in [2.24, 2.45) is 5.73 Å². The van der Waals surface area contributed by atoms with Gasteiger partial charge in [0.2, 0.25) is 0 Å². The van der Waals surface area contributed by atoms with E-state index >= 15 is 0 Å². The van der Waals surface area contributed by atoms with Gasteiger partial charge in [0.1, 0.15) is 0 Å². The average Bonchev–Trinajstić information content (AvgIpc) is 2.34. The van der Waals surface area contributed by atoms with Crippen LogP contribution in [-0.4, -0.2) is 41.3 Å². The molecular weight excluding hydrogens is 260 g/mol. The van der Waals surface area contributed by atoms with E-state index in [0.29, 0.717) is 0 Å². The highest BCUT2D eigenvalue weighted by molar-refractivity contribution is 4.97. The maximum Gasteiger partial charge on any atom is 0.0761 e. The number of nitrogens with zero attached hydrogens (tertiary/aromatic N) is 1. The Hall–Kier alpha value is -0.120. The first-order chi connectivity index (χ1) is 9.64. The fourth-order valence-corrected chi connectivity index (χ4v) is 3.67. The highest BCUT2D eigenvalue weighted by atomic mass is 16.5. The minimum atomic E-state index is -0.0968. The molecule has 0 aromatic rings. The number of unbranched alkanes of at least 4 members (excludes halogenated alkanes) is 4. The van der Waals surface area contributed by atoms with Crippen molar-refractivity contribution in [3.05, 3.63) is 0 Å². The van der Waals surface area contributed by atoms with E-state index in [1.807, 2.05) is 0 Å². The third kappa shape index (κ3) is 5.88. The molecule has 1 heterocycles. The number of hydrogen-bond acceptors (Lipinski definition) is 3. The summed E-state index contributed by atoms with van der Waals surface area (Å²) in [5, 5.41) is 0. The molecule has 0 saturated carbocycles. The molecule has 1 rings (SSSR count). The van der Waals surface area contributed by atoms with Crippen molar-refractivity contribution in [1.29, 1.82) is 0 Å². The Labute approximate surface area is 132 Å². The van der Waals surface area contributed by atoms with Crippen LogP contribution < -0.4 is 5.73 Å². The lowest BCUT2D eigenvalue weighted by atomic mass is 9.87. The van der Waals surface area contributed by atoms with Gasteiger partial charge >= 0.3 is 0 Å². The van der Waals surface area contributed by atoms with Crippen LogP contribution in [0.3, 0.4) is 0 Å². The highest BCUT2D eigenvalue weighted by Gasteiger charge is 2.43. The number of rotatable bonds is 8. The standard InChI is InChI=1S/C18H38N2O/c1-7-8-9-10-11-12-18(6,13-19)20-14-16(2,3)21-17(4,5)15-20/h7-15,19H2,1-6H3. The molecule has 3 nitrogen and oxygen atoms in total. The SMILES string of the molecule is CCCCCCCC(C)(CN)N1CC(C)(C)OC(C)(C)C1. The summed E-state index contributed by atoms with van der Waals surface area (Å²) in [6, 6.07) is 0. The molecule has 0 aliphatic carbocycles. The fourth-order valence-electron chi connectivity index (χ4n) is 3.67. The minimum absolute atomic E-state index is 0.0968. The summed E-state index contributed by atoms with van der Waals surface area (Å²) < 4.78 is 6.21. The number of morpholine rings is 1. The maximum atomic E-state index is 6.21. The molecule has 0 amide bonds. The smallest absolute Gasteiger partial charge is 0.0761 e. The first-order valence-corrected chi connectivity index (χ1v) is 8.79. The molecular formula is C18H38N2O. The molecule has 0 spiro atoms. The molecule has 0 radical (unpaired) electrons. The Morgan fingerprint density at radius 1 is 1.00 bits per heavy atom. The molecule has 1 fully saturated rings. The van der Waals surface area contributed by atoms with E-state index in [-0.39, 0.29) is 16.7 Å². The first-order valence-electron chi connectivity index (χ1n) is 8.79. The predicted octanol–water partition coefficient (Wildman–Crippen LogP) is 3.95. The third-order valence-corrected chi connectivity index (χ3v) is 4.72. The van der Waals surface area contributed by atoms with Crippen LogP contribution in [0.15, 0.2) is 0 Å². The normalized spacial score (nSPS) is 24.7. The van der Waals surface area contributed by atoms with Gasteiger partial charge in [-0.15, -0.1) is 0 Å². The molecule has 126 valence electrons. The van der Waals surface area contributed by atoms with Gasteiger partial charge in [0.15, 0.2) is 0 Å². The van der Waals surface area contributed by atoms with Crippen LogP contribution in [0, 0.1) is 0 Å². The van der Waals surface area contributed by atoms with Crippen LogP contribution >= 0.6 is 0 Å². The Morgan fingerprint density at radius 3 is 2.00 bits per heavy atom. The second-order valence-electron chi connectivity index (χ2n) is 8.34. The summed E-state index contributed by atoms with van der Waals surface area (Å²) in [5.41, 5.74) is 6.08. The van der Waals surface area contributed by atoms with Crippen LogP contribution in [0.4, 0.5) is 0 Å². The second-order valence-corrected chi connectivity index (χ2v) is 8.34. The Kier molecular flexibility index (Phi) is 6.70. The van der Waals surface area contributed by atoms with Gasteiger partial charge in [-0.05, 0) is 41.0 Å². The molecule has 1 aliphatic rings. The van der Waals surface area contributed by atoms with Crippen LogP contribution in [-0.2, 0) is 4.74 Å².